The zero-order valence-electron chi connectivity index (χ0n) is 11.8. The highest BCUT2D eigenvalue weighted by Gasteiger charge is 2.21. The number of hydrogen-bond acceptors (Lipinski definition) is 4. The molecule has 0 saturated heterocycles. The molecule has 5 N–H and O–H groups in total. The van der Waals surface area contributed by atoms with Crippen LogP contribution in [-0.4, -0.2) is 40.6 Å². The van der Waals surface area contributed by atoms with Crippen LogP contribution in [0.4, 0.5) is 0 Å². The first kappa shape index (κ1) is 18.4. The summed E-state index contributed by atoms with van der Waals surface area (Å²) in [5, 5.41) is 19.8. The first-order valence-corrected chi connectivity index (χ1v) is 6.84. The zero-order chi connectivity index (χ0) is 15.5. The fourth-order valence-electron chi connectivity index (χ4n) is 1.92. The lowest BCUT2D eigenvalue weighted by Gasteiger charge is -2.16. The summed E-state index contributed by atoms with van der Waals surface area (Å²) in [6, 6.07) is -1.15. The van der Waals surface area contributed by atoms with Gasteiger partial charge in [0.2, 0.25) is 5.91 Å². The average Bonchev–Trinajstić information content (AvgIpc) is 2.38. The average molecular weight is 288 g/mol. The van der Waals surface area contributed by atoms with Crippen LogP contribution in [0.15, 0.2) is 0 Å². The molecule has 0 bridgehead atoms. The second kappa shape index (κ2) is 10.2. The molecule has 0 aliphatic rings. The van der Waals surface area contributed by atoms with E-state index < -0.39 is 18.0 Å². The summed E-state index contributed by atoms with van der Waals surface area (Å²) in [6.07, 6.45) is 2.25. The first-order chi connectivity index (χ1) is 9.40. The topological polar surface area (TPSA) is 130 Å². The van der Waals surface area contributed by atoms with E-state index in [1.165, 1.54) is 0 Å². The van der Waals surface area contributed by atoms with Crippen LogP contribution in [0.3, 0.4) is 0 Å². The number of aliphatic carboxylic acids is 2. The molecule has 7 nitrogen and oxygen atoms in total. The molecule has 0 saturated carbocycles. The largest absolute Gasteiger partial charge is 0.481 e. The molecule has 20 heavy (non-hydrogen) atoms. The molecule has 0 aliphatic heterocycles. The Kier molecular flexibility index (Phi) is 9.36. The van der Waals surface area contributed by atoms with Gasteiger partial charge in [-0.05, 0) is 31.7 Å². The summed E-state index contributed by atoms with van der Waals surface area (Å²) in [7, 11) is 0. The minimum atomic E-state index is -1.21. The quantitative estimate of drug-likeness (QED) is 0.440. The van der Waals surface area contributed by atoms with Gasteiger partial charge in [-0.1, -0.05) is 13.3 Å². The van der Waals surface area contributed by atoms with E-state index in [0.29, 0.717) is 18.9 Å². The van der Waals surface area contributed by atoms with Gasteiger partial charge >= 0.3 is 11.9 Å². The summed E-state index contributed by atoms with van der Waals surface area (Å²) < 4.78 is 0. The minimum Gasteiger partial charge on any atom is -0.481 e. The molecule has 1 amide bonds. The number of carbonyl (C=O) groups excluding carboxylic acids is 1. The number of nitrogens with one attached hydrogen (secondary N) is 1. The normalized spacial score (nSPS) is 13.5. The highest BCUT2D eigenvalue weighted by atomic mass is 16.4. The molecule has 0 aliphatic carbocycles. The SMILES string of the molecule is CCC(CCN)CCC(=O)NC(CCC(=O)O)C(=O)O. The fourth-order valence-corrected chi connectivity index (χ4v) is 1.92. The van der Waals surface area contributed by atoms with Gasteiger partial charge in [0.1, 0.15) is 6.04 Å². The van der Waals surface area contributed by atoms with Crippen molar-refractivity contribution >= 4 is 17.8 Å². The number of carboxylic acid groups (broad SMARTS) is 2. The smallest absolute Gasteiger partial charge is 0.326 e. The standard InChI is InChI=1S/C13H24N2O5/c1-2-9(7-8-14)3-5-11(16)15-10(13(19)20)4-6-12(17)18/h9-10H,2-8,14H2,1H3,(H,15,16)(H,17,18)(H,19,20). The van der Waals surface area contributed by atoms with E-state index in [1.54, 1.807) is 0 Å². The first-order valence-electron chi connectivity index (χ1n) is 6.84. The molecule has 2 atom stereocenters. The Labute approximate surface area is 118 Å². The molecule has 0 heterocycles. The van der Waals surface area contributed by atoms with Gasteiger partial charge in [-0.2, -0.15) is 0 Å². The fraction of sp³-hybridized carbons (Fsp3) is 0.769. The van der Waals surface area contributed by atoms with Crippen LogP contribution in [0.25, 0.3) is 0 Å². The maximum atomic E-state index is 11.7. The number of amides is 1. The van der Waals surface area contributed by atoms with Crippen molar-refractivity contribution in [2.24, 2.45) is 11.7 Å². The molecular weight excluding hydrogens is 264 g/mol. The van der Waals surface area contributed by atoms with Crippen molar-refractivity contribution in [3.63, 3.8) is 0 Å². The number of rotatable bonds is 11. The zero-order valence-corrected chi connectivity index (χ0v) is 11.8. The van der Waals surface area contributed by atoms with Gasteiger partial charge in [0.15, 0.2) is 0 Å². The van der Waals surface area contributed by atoms with Crippen LogP contribution in [-0.2, 0) is 14.4 Å². The van der Waals surface area contributed by atoms with Gasteiger partial charge in [-0.15, -0.1) is 0 Å². The maximum absolute atomic E-state index is 11.7. The molecule has 0 spiro atoms. The molecule has 2 unspecified atom stereocenters. The molecule has 0 fully saturated rings. The van der Waals surface area contributed by atoms with Crippen molar-refractivity contribution in [3.05, 3.63) is 0 Å². The van der Waals surface area contributed by atoms with Gasteiger partial charge in [-0.25, -0.2) is 4.79 Å². The molecule has 7 heteroatoms. The molecule has 0 radical (unpaired) electrons. The molecule has 116 valence electrons. The highest BCUT2D eigenvalue weighted by Crippen LogP contribution is 2.14. The van der Waals surface area contributed by atoms with Gasteiger partial charge in [0.05, 0.1) is 0 Å². The van der Waals surface area contributed by atoms with E-state index in [1.807, 2.05) is 6.92 Å². The van der Waals surface area contributed by atoms with E-state index in [-0.39, 0.29) is 25.2 Å². The number of hydrogen-bond donors (Lipinski definition) is 4. The third-order valence-corrected chi connectivity index (χ3v) is 3.21. The predicted molar refractivity (Wildman–Crippen MR) is 73.1 cm³/mol. The lowest BCUT2D eigenvalue weighted by Crippen LogP contribution is -2.41. The summed E-state index contributed by atoms with van der Waals surface area (Å²) >= 11 is 0. The monoisotopic (exact) mass is 288 g/mol. The van der Waals surface area contributed by atoms with Crippen LogP contribution in [0.1, 0.15) is 45.4 Å². The molecule has 0 aromatic rings. The summed E-state index contributed by atoms with van der Waals surface area (Å²) in [5.74, 6) is -2.31. The predicted octanol–water partition coefficient (Wildman–Crippen LogP) is 0.576. The van der Waals surface area contributed by atoms with Crippen LogP contribution in [0, 0.1) is 5.92 Å². The van der Waals surface area contributed by atoms with Gasteiger partial charge in [0.25, 0.3) is 0 Å². The molecule has 0 aromatic heterocycles. The minimum absolute atomic E-state index is 0.115. The number of carboxylic acids is 2. The Morgan fingerprint density at radius 1 is 1.10 bits per heavy atom. The van der Waals surface area contributed by atoms with Gasteiger partial charge in [0, 0.05) is 12.8 Å². The van der Waals surface area contributed by atoms with Crippen LogP contribution in [0.5, 0.6) is 0 Å². The lowest BCUT2D eigenvalue weighted by molar-refractivity contribution is -0.143. The van der Waals surface area contributed by atoms with Crippen LogP contribution < -0.4 is 11.1 Å². The lowest BCUT2D eigenvalue weighted by atomic mass is 9.96. The molecular formula is C13H24N2O5. The van der Waals surface area contributed by atoms with Crippen molar-refractivity contribution in [3.8, 4) is 0 Å². The van der Waals surface area contributed by atoms with Crippen LogP contribution >= 0.6 is 0 Å². The van der Waals surface area contributed by atoms with E-state index in [0.717, 1.165) is 12.8 Å². The van der Waals surface area contributed by atoms with Crippen LogP contribution in [0.2, 0.25) is 0 Å². The number of carbonyl (C=O) groups is 3. The molecule has 0 rings (SSSR count). The third kappa shape index (κ3) is 8.47. The highest BCUT2D eigenvalue weighted by molar-refractivity contribution is 5.83. The Hall–Kier alpha value is -1.63. The van der Waals surface area contributed by atoms with E-state index >= 15 is 0 Å². The maximum Gasteiger partial charge on any atom is 0.326 e. The Morgan fingerprint density at radius 2 is 1.75 bits per heavy atom. The van der Waals surface area contributed by atoms with E-state index in [2.05, 4.69) is 5.32 Å². The van der Waals surface area contributed by atoms with Crippen molar-refractivity contribution in [2.75, 3.05) is 6.54 Å². The second-order valence-electron chi connectivity index (χ2n) is 4.78. The van der Waals surface area contributed by atoms with Gasteiger partial charge in [-0.3, -0.25) is 9.59 Å². The van der Waals surface area contributed by atoms with E-state index in [9.17, 15) is 14.4 Å². The summed E-state index contributed by atoms with van der Waals surface area (Å²) in [6.45, 7) is 2.58. The molecule has 0 aromatic carbocycles. The van der Waals surface area contributed by atoms with Gasteiger partial charge < -0.3 is 21.3 Å². The Morgan fingerprint density at radius 3 is 2.20 bits per heavy atom. The summed E-state index contributed by atoms with van der Waals surface area (Å²) in [5.41, 5.74) is 5.47. The Bertz CT molecular complexity index is 333. The Balaban J connectivity index is 4.18. The summed E-state index contributed by atoms with van der Waals surface area (Å²) in [4.78, 5) is 33.0. The van der Waals surface area contributed by atoms with Crippen molar-refractivity contribution in [1.29, 1.82) is 0 Å². The van der Waals surface area contributed by atoms with E-state index in [4.69, 9.17) is 15.9 Å². The van der Waals surface area contributed by atoms with Crippen molar-refractivity contribution in [1.82, 2.24) is 5.32 Å². The van der Waals surface area contributed by atoms with Crippen molar-refractivity contribution < 1.29 is 24.6 Å². The second-order valence-corrected chi connectivity index (χ2v) is 4.78. The number of nitrogens with two attached hydrogens (primary N) is 1. The third-order valence-electron chi connectivity index (χ3n) is 3.21. The van der Waals surface area contributed by atoms with Crippen molar-refractivity contribution in [2.45, 2.75) is 51.5 Å².